The molecular weight excluding hydrogens is 214 g/mol. The predicted molar refractivity (Wildman–Crippen MR) is 67.4 cm³/mol. The molecule has 4 nitrogen and oxygen atoms in total. The summed E-state index contributed by atoms with van der Waals surface area (Å²) in [6.07, 6.45) is 4.64. The summed E-state index contributed by atoms with van der Waals surface area (Å²) < 4.78 is 7.35. The van der Waals surface area contributed by atoms with Crippen molar-refractivity contribution in [3.8, 4) is 11.4 Å². The monoisotopic (exact) mass is 231 g/mol. The quantitative estimate of drug-likeness (QED) is 0.874. The SMILES string of the molecule is CCc1ccc(OC)c(-n2ccnc2CN)c1. The van der Waals surface area contributed by atoms with Crippen molar-refractivity contribution in [3.63, 3.8) is 0 Å². The Labute approximate surface area is 101 Å². The standard InChI is InChI=1S/C13H17N3O/c1-3-10-4-5-12(17-2)11(8-10)16-7-6-15-13(16)9-14/h4-8H,3,9,14H2,1-2H3. The molecular formula is C13H17N3O. The average molecular weight is 231 g/mol. The van der Waals surface area contributed by atoms with Crippen LogP contribution < -0.4 is 10.5 Å². The molecule has 2 N–H and O–H groups in total. The Bertz CT molecular complexity index is 505. The fourth-order valence-corrected chi connectivity index (χ4v) is 1.85. The van der Waals surface area contributed by atoms with Crippen LogP contribution in [0.2, 0.25) is 0 Å². The van der Waals surface area contributed by atoms with Gasteiger partial charge in [-0.1, -0.05) is 13.0 Å². The van der Waals surface area contributed by atoms with Gasteiger partial charge >= 0.3 is 0 Å². The van der Waals surface area contributed by atoms with Crippen LogP contribution in [0.1, 0.15) is 18.3 Å². The van der Waals surface area contributed by atoms with Crippen molar-refractivity contribution in [3.05, 3.63) is 42.0 Å². The van der Waals surface area contributed by atoms with Gasteiger partial charge in [0.15, 0.2) is 0 Å². The second kappa shape index (κ2) is 5.01. The van der Waals surface area contributed by atoms with E-state index in [9.17, 15) is 0 Å². The third-order valence-electron chi connectivity index (χ3n) is 2.81. The van der Waals surface area contributed by atoms with E-state index < -0.39 is 0 Å². The molecule has 0 bridgehead atoms. The number of aryl methyl sites for hydroxylation is 1. The van der Waals surface area contributed by atoms with Gasteiger partial charge in [0, 0.05) is 12.4 Å². The summed E-state index contributed by atoms with van der Waals surface area (Å²) in [7, 11) is 1.67. The topological polar surface area (TPSA) is 53.1 Å². The van der Waals surface area contributed by atoms with Crippen LogP contribution in [0.15, 0.2) is 30.6 Å². The van der Waals surface area contributed by atoms with Crippen molar-refractivity contribution < 1.29 is 4.74 Å². The lowest BCUT2D eigenvalue weighted by Gasteiger charge is -2.12. The summed E-state index contributed by atoms with van der Waals surface area (Å²) in [4.78, 5) is 4.22. The van der Waals surface area contributed by atoms with E-state index in [0.717, 1.165) is 23.7 Å². The molecule has 0 spiro atoms. The lowest BCUT2D eigenvalue weighted by atomic mass is 10.1. The largest absolute Gasteiger partial charge is 0.495 e. The fourth-order valence-electron chi connectivity index (χ4n) is 1.85. The number of imidazole rings is 1. The van der Waals surface area contributed by atoms with Crippen molar-refractivity contribution in [2.24, 2.45) is 5.73 Å². The Kier molecular flexibility index (Phi) is 3.44. The van der Waals surface area contributed by atoms with E-state index in [2.05, 4.69) is 24.0 Å². The molecule has 0 atom stereocenters. The van der Waals surface area contributed by atoms with Crippen LogP contribution in [0.5, 0.6) is 5.75 Å². The Morgan fingerprint density at radius 1 is 1.41 bits per heavy atom. The van der Waals surface area contributed by atoms with E-state index in [1.807, 2.05) is 16.8 Å². The highest BCUT2D eigenvalue weighted by atomic mass is 16.5. The van der Waals surface area contributed by atoms with Gasteiger partial charge in [-0.25, -0.2) is 4.98 Å². The highest BCUT2D eigenvalue weighted by Crippen LogP contribution is 2.25. The molecule has 1 heterocycles. The van der Waals surface area contributed by atoms with Gasteiger partial charge in [-0.05, 0) is 24.1 Å². The Morgan fingerprint density at radius 3 is 2.88 bits per heavy atom. The number of rotatable bonds is 4. The zero-order valence-electron chi connectivity index (χ0n) is 10.2. The van der Waals surface area contributed by atoms with Gasteiger partial charge in [0.1, 0.15) is 11.6 Å². The Balaban J connectivity index is 2.56. The summed E-state index contributed by atoms with van der Waals surface area (Å²) in [6.45, 7) is 2.54. The van der Waals surface area contributed by atoms with E-state index in [1.165, 1.54) is 5.56 Å². The minimum Gasteiger partial charge on any atom is -0.495 e. The summed E-state index contributed by atoms with van der Waals surface area (Å²) in [5, 5.41) is 0. The molecule has 0 aliphatic heterocycles. The minimum absolute atomic E-state index is 0.409. The number of methoxy groups -OCH3 is 1. The van der Waals surface area contributed by atoms with Crippen molar-refractivity contribution in [2.45, 2.75) is 19.9 Å². The molecule has 4 heteroatoms. The number of hydrogen-bond acceptors (Lipinski definition) is 3. The number of nitrogens with zero attached hydrogens (tertiary/aromatic N) is 2. The molecule has 1 aromatic heterocycles. The van der Waals surface area contributed by atoms with E-state index in [-0.39, 0.29) is 0 Å². The Morgan fingerprint density at radius 2 is 2.24 bits per heavy atom. The second-order valence-corrected chi connectivity index (χ2v) is 3.78. The number of aromatic nitrogens is 2. The van der Waals surface area contributed by atoms with E-state index >= 15 is 0 Å². The summed E-state index contributed by atoms with van der Waals surface area (Å²) in [5.74, 6) is 1.66. The van der Waals surface area contributed by atoms with Crippen LogP contribution in [0.3, 0.4) is 0 Å². The molecule has 0 amide bonds. The fraction of sp³-hybridized carbons (Fsp3) is 0.308. The van der Waals surface area contributed by atoms with E-state index in [1.54, 1.807) is 13.3 Å². The molecule has 2 aromatic rings. The van der Waals surface area contributed by atoms with Gasteiger partial charge in [-0.3, -0.25) is 4.57 Å². The number of benzene rings is 1. The average Bonchev–Trinajstić information content (AvgIpc) is 2.86. The van der Waals surface area contributed by atoms with Crippen LogP contribution in [-0.2, 0) is 13.0 Å². The lowest BCUT2D eigenvalue weighted by Crippen LogP contribution is -2.07. The van der Waals surface area contributed by atoms with Crippen LogP contribution in [-0.4, -0.2) is 16.7 Å². The molecule has 2 rings (SSSR count). The summed E-state index contributed by atoms with van der Waals surface area (Å²) in [5.41, 5.74) is 7.92. The normalized spacial score (nSPS) is 10.5. The van der Waals surface area contributed by atoms with Crippen molar-refractivity contribution in [1.29, 1.82) is 0 Å². The van der Waals surface area contributed by atoms with Crippen LogP contribution >= 0.6 is 0 Å². The highest BCUT2D eigenvalue weighted by Gasteiger charge is 2.09. The third-order valence-corrected chi connectivity index (χ3v) is 2.81. The second-order valence-electron chi connectivity index (χ2n) is 3.78. The molecule has 0 unspecified atom stereocenters. The first-order valence-corrected chi connectivity index (χ1v) is 5.69. The smallest absolute Gasteiger partial charge is 0.142 e. The van der Waals surface area contributed by atoms with Crippen LogP contribution in [0, 0.1) is 0 Å². The maximum Gasteiger partial charge on any atom is 0.142 e. The highest BCUT2D eigenvalue weighted by molar-refractivity contribution is 5.50. The molecule has 1 aromatic carbocycles. The van der Waals surface area contributed by atoms with Crippen molar-refractivity contribution in [1.82, 2.24) is 9.55 Å². The number of hydrogen-bond donors (Lipinski definition) is 1. The maximum atomic E-state index is 5.67. The molecule has 0 fully saturated rings. The molecule has 90 valence electrons. The van der Waals surface area contributed by atoms with Gasteiger partial charge in [0.25, 0.3) is 0 Å². The molecule has 17 heavy (non-hydrogen) atoms. The summed E-state index contributed by atoms with van der Waals surface area (Å²) in [6, 6.07) is 6.16. The first kappa shape index (κ1) is 11.7. The van der Waals surface area contributed by atoms with Gasteiger partial charge in [-0.15, -0.1) is 0 Å². The molecule has 0 aliphatic rings. The van der Waals surface area contributed by atoms with Crippen LogP contribution in [0.25, 0.3) is 5.69 Å². The van der Waals surface area contributed by atoms with Gasteiger partial charge in [0.2, 0.25) is 0 Å². The molecule has 0 aliphatic carbocycles. The van der Waals surface area contributed by atoms with E-state index in [0.29, 0.717) is 6.54 Å². The molecule has 0 radical (unpaired) electrons. The van der Waals surface area contributed by atoms with Crippen molar-refractivity contribution in [2.75, 3.05) is 7.11 Å². The Hall–Kier alpha value is -1.81. The van der Waals surface area contributed by atoms with E-state index in [4.69, 9.17) is 10.5 Å². The minimum atomic E-state index is 0.409. The van der Waals surface area contributed by atoms with Gasteiger partial charge in [0.05, 0.1) is 19.3 Å². The molecule has 0 saturated heterocycles. The first-order valence-electron chi connectivity index (χ1n) is 5.69. The zero-order chi connectivity index (χ0) is 12.3. The third kappa shape index (κ3) is 2.17. The number of ether oxygens (including phenoxy) is 1. The lowest BCUT2D eigenvalue weighted by molar-refractivity contribution is 0.412. The van der Waals surface area contributed by atoms with Gasteiger partial charge in [-0.2, -0.15) is 0 Å². The zero-order valence-corrected chi connectivity index (χ0v) is 10.2. The first-order chi connectivity index (χ1) is 8.30. The predicted octanol–water partition coefficient (Wildman–Crippen LogP) is 1.90. The summed E-state index contributed by atoms with van der Waals surface area (Å²) >= 11 is 0. The van der Waals surface area contributed by atoms with Crippen LogP contribution in [0.4, 0.5) is 0 Å². The number of nitrogens with two attached hydrogens (primary N) is 1. The molecule has 0 saturated carbocycles. The maximum absolute atomic E-state index is 5.67. The van der Waals surface area contributed by atoms with Gasteiger partial charge < -0.3 is 10.5 Å². The van der Waals surface area contributed by atoms with Crippen molar-refractivity contribution >= 4 is 0 Å².